The molecule has 1 heterocycles. The molecule has 18 heavy (non-hydrogen) atoms. The van der Waals surface area contributed by atoms with Crippen LogP contribution < -0.4 is 11.1 Å². The van der Waals surface area contributed by atoms with E-state index in [1.807, 2.05) is 31.2 Å². The molecule has 5 heteroatoms. The smallest absolute Gasteiger partial charge is 0.259 e. The maximum atomic E-state index is 12.1. The normalized spacial score (nSPS) is 10.4. The number of benzene rings is 1. The summed E-state index contributed by atoms with van der Waals surface area (Å²) in [7, 11) is 0. The highest BCUT2D eigenvalue weighted by Crippen LogP contribution is 2.15. The summed E-state index contributed by atoms with van der Waals surface area (Å²) in [6.07, 6.45) is 0. The van der Waals surface area contributed by atoms with Crippen LogP contribution in [0.15, 0.2) is 24.3 Å². The first-order valence-corrected chi connectivity index (χ1v) is 5.73. The van der Waals surface area contributed by atoms with Gasteiger partial charge in [0.1, 0.15) is 0 Å². The van der Waals surface area contributed by atoms with Crippen molar-refractivity contribution >= 4 is 11.6 Å². The largest absolute Gasteiger partial charge is 0.326 e. The first-order valence-electron chi connectivity index (χ1n) is 5.73. The molecule has 0 bridgehead atoms. The van der Waals surface area contributed by atoms with Crippen LogP contribution in [0.1, 0.15) is 27.3 Å². The third kappa shape index (κ3) is 2.41. The standard InChI is InChI=1S/C13H16N4O/c1-8-12(9(2)17-16-8)13(18)15-11-5-3-4-10(6-11)7-14/h3-6H,7,14H2,1-2H3,(H,15,18)(H,16,17). The Labute approximate surface area is 105 Å². The molecule has 0 unspecified atom stereocenters. The lowest BCUT2D eigenvalue weighted by Gasteiger charge is -2.06. The second-order valence-corrected chi connectivity index (χ2v) is 4.17. The molecule has 0 saturated carbocycles. The number of amides is 1. The van der Waals surface area contributed by atoms with E-state index in [1.165, 1.54) is 0 Å². The summed E-state index contributed by atoms with van der Waals surface area (Å²) >= 11 is 0. The van der Waals surface area contributed by atoms with Crippen LogP contribution in [0.25, 0.3) is 0 Å². The molecule has 2 rings (SSSR count). The summed E-state index contributed by atoms with van der Waals surface area (Å²) < 4.78 is 0. The number of hydrogen-bond donors (Lipinski definition) is 3. The lowest BCUT2D eigenvalue weighted by Crippen LogP contribution is -2.14. The van der Waals surface area contributed by atoms with Crippen molar-refractivity contribution in [3.63, 3.8) is 0 Å². The first kappa shape index (κ1) is 12.3. The average Bonchev–Trinajstić information content (AvgIpc) is 2.69. The number of rotatable bonds is 3. The van der Waals surface area contributed by atoms with Gasteiger partial charge in [-0.05, 0) is 31.5 Å². The van der Waals surface area contributed by atoms with Crippen molar-refractivity contribution in [2.24, 2.45) is 5.73 Å². The van der Waals surface area contributed by atoms with Gasteiger partial charge in [-0.15, -0.1) is 0 Å². The molecule has 2 aromatic rings. The van der Waals surface area contributed by atoms with Crippen molar-refractivity contribution in [2.45, 2.75) is 20.4 Å². The third-order valence-corrected chi connectivity index (χ3v) is 2.78. The zero-order valence-corrected chi connectivity index (χ0v) is 10.4. The number of nitrogens with two attached hydrogens (primary N) is 1. The van der Waals surface area contributed by atoms with Crippen LogP contribution in [0.2, 0.25) is 0 Å². The summed E-state index contributed by atoms with van der Waals surface area (Å²) in [5.41, 5.74) is 9.33. The second kappa shape index (κ2) is 5.01. The van der Waals surface area contributed by atoms with Crippen molar-refractivity contribution in [2.75, 3.05) is 5.32 Å². The zero-order valence-electron chi connectivity index (χ0n) is 10.4. The molecule has 0 atom stereocenters. The molecule has 0 aliphatic rings. The monoisotopic (exact) mass is 244 g/mol. The molecule has 1 amide bonds. The molecule has 0 aliphatic carbocycles. The fourth-order valence-corrected chi connectivity index (χ4v) is 1.86. The van der Waals surface area contributed by atoms with Crippen LogP contribution in [0.4, 0.5) is 5.69 Å². The Morgan fingerprint density at radius 1 is 1.44 bits per heavy atom. The predicted octanol–water partition coefficient (Wildman–Crippen LogP) is 1.74. The lowest BCUT2D eigenvalue weighted by atomic mass is 10.1. The Hall–Kier alpha value is -2.14. The van der Waals surface area contributed by atoms with Crippen LogP contribution >= 0.6 is 0 Å². The minimum absolute atomic E-state index is 0.159. The van der Waals surface area contributed by atoms with Crippen molar-refractivity contribution in [1.82, 2.24) is 10.2 Å². The molecule has 0 fully saturated rings. The number of carbonyl (C=O) groups excluding carboxylic acids is 1. The van der Waals surface area contributed by atoms with E-state index < -0.39 is 0 Å². The Kier molecular flexibility index (Phi) is 3.43. The van der Waals surface area contributed by atoms with E-state index in [-0.39, 0.29) is 5.91 Å². The van der Waals surface area contributed by atoms with Gasteiger partial charge in [0.15, 0.2) is 0 Å². The van der Waals surface area contributed by atoms with Crippen LogP contribution in [-0.4, -0.2) is 16.1 Å². The topological polar surface area (TPSA) is 83.8 Å². The number of aromatic nitrogens is 2. The van der Waals surface area contributed by atoms with Gasteiger partial charge in [0.2, 0.25) is 0 Å². The van der Waals surface area contributed by atoms with E-state index in [9.17, 15) is 4.79 Å². The van der Waals surface area contributed by atoms with E-state index >= 15 is 0 Å². The molecule has 4 N–H and O–H groups in total. The number of hydrogen-bond acceptors (Lipinski definition) is 3. The fraction of sp³-hybridized carbons (Fsp3) is 0.231. The summed E-state index contributed by atoms with van der Waals surface area (Å²) in [6.45, 7) is 4.08. The molecule has 0 aliphatic heterocycles. The Morgan fingerprint density at radius 2 is 2.22 bits per heavy atom. The predicted molar refractivity (Wildman–Crippen MR) is 70.3 cm³/mol. The number of anilines is 1. The first-order chi connectivity index (χ1) is 8.61. The molecule has 94 valence electrons. The Bertz CT molecular complexity index is 555. The summed E-state index contributed by atoms with van der Waals surface area (Å²) in [5.74, 6) is -0.159. The van der Waals surface area contributed by atoms with Crippen molar-refractivity contribution in [3.8, 4) is 0 Å². The van der Waals surface area contributed by atoms with Crippen LogP contribution in [0.5, 0.6) is 0 Å². The van der Waals surface area contributed by atoms with Gasteiger partial charge in [-0.1, -0.05) is 12.1 Å². The van der Waals surface area contributed by atoms with E-state index in [0.29, 0.717) is 17.8 Å². The van der Waals surface area contributed by atoms with Gasteiger partial charge >= 0.3 is 0 Å². The van der Waals surface area contributed by atoms with Gasteiger partial charge < -0.3 is 11.1 Å². The number of H-pyrrole nitrogens is 1. The third-order valence-electron chi connectivity index (χ3n) is 2.78. The van der Waals surface area contributed by atoms with E-state index in [0.717, 1.165) is 16.9 Å². The van der Waals surface area contributed by atoms with E-state index in [1.54, 1.807) is 6.92 Å². The highest BCUT2D eigenvalue weighted by atomic mass is 16.1. The maximum absolute atomic E-state index is 12.1. The van der Waals surface area contributed by atoms with Gasteiger partial charge in [0.05, 0.1) is 11.3 Å². The number of nitrogens with zero attached hydrogens (tertiary/aromatic N) is 1. The van der Waals surface area contributed by atoms with Crippen LogP contribution in [0, 0.1) is 13.8 Å². The molecular formula is C13H16N4O. The SMILES string of the molecule is Cc1n[nH]c(C)c1C(=O)Nc1cccc(CN)c1. The van der Waals surface area contributed by atoms with Crippen molar-refractivity contribution in [1.29, 1.82) is 0 Å². The van der Waals surface area contributed by atoms with Gasteiger partial charge in [-0.3, -0.25) is 9.89 Å². The molecule has 0 spiro atoms. The molecule has 5 nitrogen and oxygen atoms in total. The quantitative estimate of drug-likeness (QED) is 0.769. The Morgan fingerprint density at radius 3 is 2.83 bits per heavy atom. The van der Waals surface area contributed by atoms with E-state index in [4.69, 9.17) is 5.73 Å². The summed E-state index contributed by atoms with van der Waals surface area (Å²) in [5, 5.41) is 9.65. The number of nitrogens with one attached hydrogen (secondary N) is 2. The molecule has 1 aromatic heterocycles. The highest BCUT2D eigenvalue weighted by molar-refractivity contribution is 6.05. The molecule has 0 saturated heterocycles. The van der Waals surface area contributed by atoms with Gasteiger partial charge in [-0.25, -0.2) is 0 Å². The molecular weight excluding hydrogens is 228 g/mol. The fourth-order valence-electron chi connectivity index (χ4n) is 1.86. The lowest BCUT2D eigenvalue weighted by molar-refractivity contribution is 0.102. The average molecular weight is 244 g/mol. The maximum Gasteiger partial charge on any atom is 0.259 e. The van der Waals surface area contributed by atoms with Crippen molar-refractivity contribution < 1.29 is 4.79 Å². The summed E-state index contributed by atoms with van der Waals surface area (Å²) in [6, 6.07) is 7.49. The minimum Gasteiger partial charge on any atom is -0.326 e. The zero-order chi connectivity index (χ0) is 13.1. The number of aryl methyl sites for hydroxylation is 2. The Balaban J connectivity index is 2.21. The number of carbonyl (C=O) groups is 1. The van der Waals surface area contributed by atoms with Gasteiger partial charge in [-0.2, -0.15) is 5.10 Å². The van der Waals surface area contributed by atoms with E-state index in [2.05, 4.69) is 15.5 Å². The van der Waals surface area contributed by atoms with Crippen molar-refractivity contribution in [3.05, 3.63) is 46.8 Å². The number of aromatic amines is 1. The molecule has 0 radical (unpaired) electrons. The molecule has 1 aromatic carbocycles. The minimum atomic E-state index is -0.159. The summed E-state index contributed by atoms with van der Waals surface area (Å²) in [4.78, 5) is 12.1. The van der Waals surface area contributed by atoms with Crippen LogP contribution in [0.3, 0.4) is 0 Å². The van der Waals surface area contributed by atoms with Crippen LogP contribution in [-0.2, 0) is 6.54 Å². The second-order valence-electron chi connectivity index (χ2n) is 4.17. The van der Waals surface area contributed by atoms with Gasteiger partial charge in [0.25, 0.3) is 5.91 Å². The highest BCUT2D eigenvalue weighted by Gasteiger charge is 2.15. The van der Waals surface area contributed by atoms with Gasteiger partial charge in [0, 0.05) is 17.9 Å².